The van der Waals surface area contributed by atoms with Crippen LogP contribution in [0.5, 0.6) is 11.5 Å². The van der Waals surface area contributed by atoms with Crippen LogP contribution in [0.15, 0.2) is 42.6 Å². The van der Waals surface area contributed by atoms with Crippen molar-refractivity contribution >= 4 is 28.2 Å². The van der Waals surface area contributed by atoms with Gasteiger partial charge in [-0.1, -0.05) is 18.2 Å². The first-order valence-electron chi connectivity index (χ1n) is 7.89. The van der Waals surface area contributed by atoms with Gasteiger partial charge in [0, 0.05) is 28.9 Å². The number of aromatic nitrogens is 1. The minimum absolute atomic E-state index is 0.144. The van der Waals surface area contributed by atoms with Crippen molar-refractivity contribution in [3.63, 3.8) is 0 Å². The lowest BCUT2D eigenvalue weighted by molar-refractivity contribution is 0.100. The highest BCUT2D eigenvalue weighted by Crippen LogP contribution is 2.37. The van der Waals surface area contributed by atoms with E-state index in [-0.39, 0.29) is 12.2 Å². The first-order chi connectivity index (χ1) is 12.6. The molecule has 7 nitrogen and oxygen atoms in total. The molecule has 0 aliphatic rings. The van der Waals surface area contributed by atoms with Crippen LogP contribution in [0.2, 0.25) is 0 Å². The van der Waals surface area contributed by atoms with Gasteiger partial charge < -0.3 is 25.6 Å². The van der Waals surface area contributed by atoms with E-state index in [2.05, 4.69) is 10.3 Å². The van der Waals surface area contributed by atoms with Crippen LogP contribution in [-0.4, -0.2) is 30.2 Å². The number of aliphatic hydroxyl groups excluding tert-OH is 1. The maximum atomic E-state index is 11.9. The molecule has 2 aromatic carbocycles. The number of hydrogen-bond acceptors (Lipinski definition) is 6. The molecule has 4 N–H and O–H groups in total. The van der Waals surface area contributed by atoms with Crippen LogP contribution in [0.3, 0.4) is 0 Å². The highest BCUT2D eigenvalue weighted by Gasteiger charge is 2.17. The summed E-state index contributed by atoms with van der Waals surface area (Å²) in [5, 5.41) is 13.4. The first kappa shape index (κ1) is 17.5. The van der Waals surface area contributed by atoms with Gasteiger partial charge in [0.15, 0.2) is 11.5 Å². The van der Waals surface area contributed by atoms with Crippen LogP contribution in [0, 0.1) is 0 Å². The Labute approximate surface area is 150 Å². The molecule has 26 heavy (non-hydrogen) atoms. The molecule has 0 aliphatic heterocycles. The number of para-hydroxylation sites is 1. The van der Waals surface area contributed by atoms with Gasteiger partial charge in [-0.2, -0.15) is 0 Å². The van der Waals surface area contributed by atoms with Crippen molar-refractivity contribution in [3.05, 3.63) is 53.7 Å². The molecule has 0 bridgehead atoms. The van der Waals surface area contributed by atoms with Crippen molar-refractivity contribution in [3.8, 4) is 11.5 Å². The second-order valence-electron chi connectivity index (χ2n) is 5.58. The molecular formula is C19H19N3O4. The average molecular weight is 353 g/mol. The van der Waals surface area contributed by atoms with Crippen LogP contribution in [0.25, 0.3) is 10.9 Å². The van der Waals surface area contributed by atoms with Gasteiger partial charge in [-0.05, 0) is 12.1 Å². The van der Waals surface area contributed by atoms with Crippen LogP contribution in [0.4, 0.5) is 11.4 Å². The van der Waals surface area contributed by atoms with Crippen molar-refractivity contribution in [1.29, 1.82) is 0 Å². The van der Waals surface area contributed by atoms with E-state index in [0.717, 1.165) is 0 Å². The predicted octanol–water partition coefficient (Wildman–Crippen LogP) is 2.59. The summed E-state index contributed by atoms with van der Waals surface area (Å²) in [7, 11) is 3.07. The largest absolute Gasteiger partial charge is 0.493 e. The third kappa shape index (κ3) is 3.12. The number of nitrogens with one attached hydrogen (secondary N) is 1. The third-order valence-electron chi connectivity index (χ3n) is 4.09. The number of hydrogen-bond donors (Lipinski definition) is 3. The number of benzene rings is 2. The quantitative estimate of drug-likeness (QED) is 0.629. The van der Waals surface area contributed by atoms with Crippen molar-refractivity contribution in [1.82, 2.24) is 4.98 Å². The highest BCUT2D eigenvalue weighted by molar-refractivity contribution is 6.08. The molecule has 1 aromatic heterocycles. The van der Waals surface area contributed by atoms with E-state index in [4.69, 9.17) is 15.2 Å². The number of nitrogens with zero attached hydrogens (tertiary/aromatic N) is 1. The number of anilines is 2. The molecule has 0 radical (unpaired) electrons. The Kier molecular flexibility index (Phi) is 4.90. The van der Waals surface area contributed by atoms with Crippen LogP contribution < -0.4 is 20.5 Å². The van der Waals surface area contributed by atoms with Gasteiger partial charge in [0.25, 0.3) is 5.91 Å². The van der Waals surface area contributed by atoms with Gasteiger partial charge in [0.1, 0.15) is 0 Å². The van der Waals surface area contributed by atoms with E-state index in [9.17, 15) is 9.90 Å². The lowest BCUT2D eigenvalue weighted by Gasteiger charge is -2.17. The molecule has 0 fully saturated rings. The summed E-state index contributed by atoms with van der Waals surface area (Å²) in [6.45, 7) is -0.144. The zero-order chi connectivity index (χ0) is 18.7. The Morgan fingerprint density at radius 3 is 2.54 bits per heavy atom. The van der Waals surface area contributed by atoms with E-state index < -0.39 is 5.91 Å². The maximum absolute atomic E-state index is 11.9. The Bertz CT molecular complexity index is 972. The lowest BCUT2D eigenvalue weighted by Crippen LogP contribution is -2.14. The van der Waals surface area contributed by atoms with Crippen LogP contribution in [0.1, 0.15) is 15.9 Å². The van der Waals surface area contributed by atoms with Gasteiger partial charge in [-0.3, -0.25) is 9.78 Å². The summed E-state index contributed by atoms with van der Waals surface area (Å²) in [5.74, 6) is 0.418. The molecule has 0 saturated heterocycles. The number of nitrogens with two attached hydrogens (primary N) is 1. The lowest BCUT2D eigenvalue weighted by atomic mass is 10.1. The number of methoxy groups -OCH3 is 2. The zero-order valence-corrected chi connectivity index (χ0v) is 14.4. The summed E-state index contributed by atoms with van der Waals surface area (Å²) < 4.78 is 10.7. The topological polar surface area (TPSA) is 107 Å². The average Bonchev–Trinajstić information content (AvgIpc) is 2.67. The van der Waals surface area contributed by atoms with Crippen molar-refractivity contribution in [2.45, 2.75) is 6.61 Å². The fourth-order valence-electron chi connectivity index (χ4n) is 2.76. The van der Waals surface area contributed by atoms with Gasteiger partial charge in [0.05, 0.1) is 37.6 Å². The predicted molar refractivity (Wildman–Crippen MR) is 99.0 cm³/mol. The minimum Gasteiger partial charge on any atom is -0.493 e. The highest BCUT2D eigenvalue weighted by atomic mass is 16.5. The standard InChI is InChI=1S/C19H19N3O4/c1-25-16-7-12-15(8-17(16)26-2)21-9-13(19(20)24)18(12)22-14-6-4-3-5-11(14)10-23/h3-9,23H,10H2,1-2H3,(H2,20,24)(H,21,22). The summed E-state index contributed by atoms with van der Waals surface area (Å²) in [6, 6.07) is 10.7. The fraction of sp³-hybridized carbons (Fsp3) is 0.158. The smallest absolute Gasteiger partial charge is 0.252 e. The number of rotatable bonds is 6. The van der Waals surface area contributed by atoms with Crippen molar-refractivity contribution in [2.24, 2.45) is 5.73 Å². The molecule has 7 heteroatoms. The van der Waals surface area contributed by atoms with Gasteiger partial charge in [0.2, 0.25) is 0 Å². The van der Waals surface area contributed by atoms with Gasteiger partial charge in [-0.25, -0.2) is 0 Å². The second-order valence-corrected chi connectivity index (χ2v) is 5.58. The first-order valence-corrected chi connectivity index (χ1v) is 7.89. The summed E-state index contributed by atoms with van der Waals surface area (Å²) in [5.41, 5.74) is 8.22. The number of aliphatic hydroxyl groups is 1. The van der Waals surface area contributed by atoms with E-state index in [1.165, 1.54) is 20.4 Å². The molecule has 1 amide bonds. The molecule has 0 saturated carbocycles. The monoisotopic (exact) mass is 353 g/mol. The number of carbonyl (C=O) groups excluding carboxylic acids is 1. The van der Waals surface area contributed by atoms with E-state index >= 15 is 0 Å². The SMILES string of the molecule is COc1cc2ncc(C(N)=O)c(Nc3ccccc3CO)c2cc1OC. The minimum atomic E-state index is -0.613. The molecule has 1 heterocycles. The van der Waals surface area contributed by atoms with E-state index in [1.54, 1.807) is 18.2 Å². The Morgan fingerprint density at radius 1 is 1.19 bits per heavy atom. The molecule has 0 spiro atoms. The van der Waals surface area contributed by atoms with Gasteiger partial charge in [-0.15, -0.1) is 0 Å². The zero-order valence-electron chi connectivity index (χ0n) is 14.4. The molecule has 3 rings (SSSR count). The number of ether oxygens (including phenoxy) is 2. The second kappa shape index (κ2) is 7.28. The number of amides is 1. The summed E-state index contributed by atoms with van der Waals surface area (Å²) >= 11 is 0. The fourth-order valence-corrected chi connectivity index (χ4v) is 2.76. The molecule has 0 atom stereocenters. The number of carbonyl (C=O) groups is 1. The van der Waals surface area contributed by atoms with Crippen molar-refractivity contribution in [2.75, 3.05) is 19.5 Å². The molecular weight excluding hydrogens is 334 g/mol. The van der Waals surface area contributed by atoms with Crippen LogP contribution >= 0.6 is 0 Å². The number of fused-ring (bicyclic) bond motifs is 1. The van der Waals surface area contributed by atoms with Crippen molar-refractivity contribution < 1.29 is 19.4 Å². The summed E-state index contributed by atoms with van der Waals surface area (Å²) in [6.07, 6.45) is 1.42. The number of primary amides is 1. The normalized spacial score (nSPS) is 10.6. The Balaban J connectivity index is 2.26. The molecule has 134 valence electrons. The maximum Gasteiger partial charge on any atom is 0.252 e. The summed E-state index contributed by atoms with van der Waals surface area (Å²) in [4.78, 5) is 16.2. The van der Waals surface area contributed by atoms with E-state index in [0.29, 0.717) is 39.3 Å². The Morgan fingerprint density at radius 2 is 1.88 bits per heavy atom. The molecule has 0 unspecified atom stereocenters. The molecule has 0 aliphatic carbocycles. The van der Waals surface area contributed by atoms with E-state index in [1.807, 2.05) is 18.2 Å². The van der Waals surface area contributed by atoms with Gasteiger partial charge >= 0.3 is 0 Å². The molecule has 3 aromatic rings. The Hall–Kier alpha value is -3.32. The van der Waals surface area contributed by atoms with Crippen LogP contribution in [-0.2, 0) is 6.61 Å². The number of pyridine rings is 1. The third-order valence-corrected chi connectivity index (χ3v) is 4.09.